The molecule has 49 heavy (non-hydrogen) atoms. The van der Waals surface area contributed by atoms with Crippen molar-refractivity contribution in [1.82, 2.24) is 29.7 Å². The van der Waals surface area contributed by atoms with Crippen LogP contribution in [0.3, 0.4) is 0 Å². The van der Waals surface area contributed by atoms with Crippen molar-refractivity contribution in [2.45, 2.75) is 84.9 Å². The number of esters is 2. The summed E-state index contributed by atoms with van der Waals surface area (Å²) in [5, 5.41) is 17.1. The van der Waals surface area contributed by atoms with Gasteiger partial charge in [-0.1, -0.05) is 41.5 Å². The van der Waals surface area contributed by atoms with Crippen molar-refractivity contribution in [3.8, 4) is 5.88 Å². The fourth-order valence-electron chi connectivity index (χ4n) is 4.76. The number of nitrogens with two attached hydrogens (primary N) is 1. The number of hydrogen-bond donors (Lipinski definition) is 4. The molecule has 1 aliphatic rings. The second-order valence-corrected chi connectivity index (χ2v) is 18.2. The molecule has 5 N–H and O–H groups in total. The number of rotatable bonds is 17. The van der Waals surface area contributed by atoms with Crippen molar-refractivity contribution in [1.29, 1.82) is 0 Å². The van der Waals surface area contributed by atoms with Gasteiger partial charge in [-0.05, 0) is 30.3 Å². The molecule has 19 heteroatoms. The number of imidazole rings is 1. The van der Waals surface area contributed by atoms with Crippen molar-refractivity contribution in [2.24, 2.45) is 10.8 Å². The Morgan fingerprint density at radius 1 is 1.08 bits per heavy atom. The molecule has 3 heterocycles. The second kappa shape index (κ2) is 16.9. The van der Waals surface area contributed by atoms with Gasteiger partial charge in [0.1, 0.15) is 17.7 Å². The zero-order valence-corrected chi connectivity index (χ0v) is 32.5. The van der Waals surface area contributed by atoms with E-state index in [0.717, 1.165) is 0 Å². The number of fused-ring (bicyclic) bond motifs is 1. The summed E-state index contributed by atoms with van der Waals surface area (Å²) in [6.45, 7) is 13.1. The maximum absolute atomic E-state index is 14.6. The van der Waals surface area contributed by atoms with Gasteiger partial charge in [-0.15, -0.1) is 0 Å². The molecule has 278 valence electrons. The Kier molecular flexibility index (Phi) is 14.2. The van der Waals surface area contributed by atoms with Crippen molar-refractivity contribution in [3.63, 3.8) is 0 Å². The Morgan fingerprint density at radius 3 is 2.08 bits per heavy atom. The number of anilines is 1. The normalized spacial score (nSPS) is 22.4. The number of methoxy groups -OCH3 is 1. The number of aliphatic hydroxyl groups is 1. The SMILES string of the molecule is COc1nc(N)nc2c1ncn2C1OC(COP(=O)(NC(CSC)C(=O)OCC(C)(C)C)NC(CSC)C(=O)OCC(C)(C)C)CC1(C)O. The first-order valence-corrected chi connectivity index (χ1v) is 20.2. The van der Waals surface area contributed by atoms with Gasteiger partial charge in [0.2, 0.25) is 11.8 Å². The van der Waals surface area contributed by atoms with Crippen LogP contribution in [-0.2, 0) is 32.9 Å². The van der Waals surface area contributed by atoms with E-state index in [9.17, 15) is 19.3 Å². The van der Waals surface area contributed by atoms with Gasteiger partial charge in [0.05, 0.1) is 39.4 Å². The minimum atomic E-state index is -4.22. The third kappa shape index (κ3) is 11.9. The Morgan fingerprint density at radius 2 is 1.61 bits per heavy atom. The maximum Gasteiger partial charge on any atom is 0.342 e. The van der Waals surface area contributed by atoms with Gasteiger partial charge in [-0.3, -0.25) is 18.7 Å². The topological polar surface area (TPSA) is 211 Å². The van der Waals surface area contributed by atoms with Crippen LogP contribution < -0.4 is 20.6 Å². The molecular formula is C30H52N7O9PS2. The molecule has 1 aliphatic heterocycles. The average Bonchev–Trinajstić information content (AvgIpc) is 3.55. The highest BCUT2D eigenvalue weighted by Crippen LogP contribution is 2.44. The van der Waals surface area contributed by atoms with Gasteiger partial charge in [0.15, 0.2) is 17.4 Å². The van der Waals surface area contributed by atoms with Crippen LogP contribution in [0.15, 0.2) is 6.33 Å². The van der Waals surface area contributed by atoms with E-state index < -0.39 is 49.6 Å². The summed E-state index contributed by atoms with van der Waals surface area (Å²) in [7, 11) is -2.79. The standard InChI is InChI=1S/C30H52N7O9PS2/c1-28(2,3)15-43-24(38)19(13-48-9)35-47(41,36-20(14-49-10)25(39)44-16-29(4,5)6)45-12-18-11-30(7,40)26(46-18)37-17-32-21-22(37)33-27(31)34-23(21)42-8/h17-20,26,40H,11-16H2,1-10H3,(H2,31,33,34)(H2,35,36,41). The van der Waals surface area contributed by atoms with Crippen LogP contribution in [0.4, 0.5) is 5.95 Å². The predicted octanol–water partition coefficient (Wildman–Crippen LogP) is 3.40. The Bertz CT molecular complexity index is 1440. The Hall–Kier alpha value is -2.18. The van der Waals surface area contributed by atoms with Gasteiger partial charge in [-0.25, -0.2) is 15.2 Å². The Balaban J connectivity index is 1.88. The summed E-state index contributed by atoms with van der Waals surface area (Å²) in [6.07, 6.45) is 3.33. The van der Waals surface area contributed by atoms with E-state index >= 15 is 0 Å². The largest absolute Gasteiger partial charge is 0.479 e. The summed E-state index contributed by atoms with van der Waals surface area (Å²) >= 11 is 2.69. The third-order valence-corrected chi connectivity index (χ3v) is 10.1. The molecule has 1 fully saturated rings. The number of ether oxygens (including phenoxy) is 4. The molecule has 0 aliphatic carbocycles. The van der Waals surface area contributed by atoms with Gasteiger partial charge in [-0.2, -0.15) is 33.5 Å². The van der Waals surface area contributed by atoms with Crippen LogP contribution in [0, 0.1) is 10.8 Å². The van der Waals surface area contributed by atoms with Gasteiger partial charge < -0.3 is 34.3 Å². The molecule has 5 atom stereocenters. The first kappa shape index (κ1) is 41.2. The zero-order valence-electron chi connectivity index (χ0n) is 30.0. The summed E-state index contributed by atoms with van der Waals surface area (Å²) in [6, 6.07) is -2.09. The number of hydrogen-bond acceptors (Lipinski definition) is 15. The van der Waals surface area contributed by atoms with Gasteiger partial charge in [0, 0.05) is 17.9 Å². The van der Waals surface area contributed by atoms with E-state index in [1.165, 1.54) is 41.5 Å². The molecular weight excluding hydrogens is 697 g/mol. The molecule has 0 amide bonds. The number of carbonyl (C=O) groups is 2. The summed E-state index contributed by atoms with van der Waals surface area (Å²) in [5.74, 6) is -0.704. The smallest absolute Gasteiger partial charge is 0.342 e. The third-order valence-electron chi connectivity index (χ3n) is 6.97. The summed E-state index contributed by atoms with van der Waals surface area (Å²) in [4.78, 5) is 39.1. The highest BCUT2D eigenvalue weighted by Gasteiger charge is 2.47. The quantitative estimate of drug-likeness (QED) is 0.135. The fraction of sp³-hybridized carbons (Fsp3) is 0.767. The lowest BCUT2D eigenvalue weighted by molar-refractivity contribution is -0.148. The maximum atomic E-state index is 14.6. The highest BCUT2D eigenvalue weighted by molar-refractivity contribution is 7.98. The average molecular weight is 750 g/mol. The van der Waals surface area contributed by atoms with E-state index in [1.54, 1.807) is 19.4 Å². The van der Waals surface area contributed by atoms with Gasteiger partial charge >= 0.3 is 19.6 Å². The molecule has 0 saturated carbocycles. The Labute approximate surface area is 296 Å². The lowest BCUT2D eigenvalue weighted by atomic mass is 9.99. The molecule has 2 aromatic heterocycles. The van der Waals surface area contributed by atoms with Crippen molar-refractivity contribution >= 4 is 60.2 Å². The molecule has 5 unspecified atom stereocenters. The van der Waals surface area contributed by atoms with Crippen LogP contribution in [0.25, 0.3) is 11.2 Å². The summed E-state index contributed by atoms with van der Waals surface area (Å²) < 4.78 is 44.8. The van der Waals surface area contributed by atoms with Crippen LogP contribution in [0.5, 0.6) is 5.88 Å². The molecule has 2 aromatic rings. The predicted molar refractivity (Wildman–Crippen MR) is 190 cm³/mol. The lowest BCUT2D eigenvalue weighted by Crippen LogP contribution is -2.47. The minimum absolute atomic E-state index is 0.0524. The zero-order chi connectivity index (χ0) is 36.8. The number of thioether (sulfide) groups is 2. The van der Waals surface area contributed by atoms with E-state index in [1.807, 2.05) is 41.5 Å². The summed E-state index contributed by atoms with van der Waals surface area (Å²) in [5.41, 5.74) is 4.45. The molecule has 0 aromatic carbocycles. The molecule has 1 saturated heterocycles. The number of nitrogens with one attached hydrogen (secondary N) is 2. The lowest BCUT2D eigenvalue weighted by Gasteiger charge is -2.29. The van der Waals surface area contributed by atoms with Crippen molar-refractivity contribution in [2.75, 3.05) is 56.7 Å². The van der Waals surface area contributed by atoms with Crippen LogP contribution >= 0.6 is 31.2 Å². The first-order valence-electron chi connectivity index (χ1n) is 15.7. The van der Waals surface area contributed by atoms with Gasteiger partial charge in [0.25, 0.3) is 0 Å². The second-order valence-electron chi connectivity index (χ2n) is 14.5. The molecule has 0 bridgehead atoms. The molecule has 16 nitrogen and oxygen atoms in total. The monoisotopic (exact) mass is 749 g/mol. The number of aromatic nitrogens is 4. The van der Waals surface area contributed by atoms with Crippen molar-refractivity contribution < 1.29 is 42.7 Å². The number of nitrogens with zero attached hydrogens (tertiary/aromatic N) is 4. The van der Waals surface area contributed by atoms with Crippen LogP contribution in [-0.4, -0.2) is 111 Å². The minimum Gasteiger partial charge on any atom is -0.479 e. The van der Waals surface area contributed by atoms with Crippen LogP contribution in [0.2, 0.25) is 0 Å². The number of nitrogen functional groups attached to an aromatic ring is 1. The fourth-order valence-corrected chi connectivity index (χ4v) is 7.93. The van der Waals surface area contributed by atoms with E-state index in [0.29, 0.717) is 5.52 Å². The molecule has 0 radical (unpaired) electrons. The molecule has 3 rings (SSSR count). The molecule has 0 spiro atoms. The first-order chi connectivity index (χ1) is 22.7. The van der Waals surface area contributed by atoms with E-state index in [4.69, 9.17) is 29.2 Å². The van der Waals surface area contributed by atoms with E-state index in [-0.39, 0.29) is 66.1 Å². The van der Waals surface area contributed by atoms with Crippen molar-refractivity contribution in [3.05, 3.63) is 6.33 Å². The van der Waals surface area contributed by atoms with E-state index in [2.05, 4.69) is 25.1 Å². The number of carbonyl (C=O) groups excluding carboxylic acids is 2. The highest BCUT2D eigenvalue weighted by atomic mass is 32.2. The van der Waals surface area contributed by atoms with Crippen LogP contribution in [0.1, 0.15) is 61.1 Å².